The predicted octanol–water partition coefficient (Wildman–Crippen LogP) is 4.44. The van der Waals surface area contributed by atoms with Gasteiger partial charge in [-0.2, -0.15) is 0 Å². The van der Waals surface area contributed by atoms with Gasteiger partial charge < -0.3 is 10.6 Å². The molecule has 1 aliphatic heterocycles. The van der Waals surface area contributed by atoms with Gasteiger partial charge in [-0.1, -0.05) is 13.0 Å². The van der Waals surface area contributed by atoms with Gasteiger partial charge in [0.15, 0.2) is 0 Å². The van der Waals surface area contributed by atoms with Gasteiger partial charge in [0.1, 0.15) is 0 Å². The number of sulfonamides is 1. The molecule has 0 saturated carbocycles. The van der Waals surface area contributed by atoms with Crippen LogP contribution in [-0.4, -0.2) is 26.7 Å². The molecule has 6 nitrogen and oxygen atoms in total. The Morgan fingerprint density at radius 2 is 1.71 bits per heavy atom. The van der Waals surface area contributed by atoms with Crippen LogP contribution in [-0.2, 0) is 16.4 Å². The first kappa shape index (κ1) is 20.2. The number of carbonyl (C=O) groups excluding carboxylic acids is 1. The number of anilines is 3. The van der Waals surface area contributed by atoms with Crippen LogP contribution in [0.15, 0.2) is 36.4 Å². The molecule has 0 spiro atoms. The molecule has 0 fully saturated rings. The van der Waals surface area contributed by atoms with Crippen LogP contribution in [0.4, 0.5) is 21.9 Å². The maximum Gasteiger partial charge on any atom is 0.323 e. The van der Waals surface area contributed by atoms with Gasteiger partial charge in [-0.3, -0.25) is 4.31 Å². The predicted molar refractivity (Wildman–Crippen MR) is 115 cm³/mol. The Balaban J connectivity index is 1.75. The van der Waals surface area contributed by atoms with E-state index in [9.17, 15) is 13.2 Å². The van der Waals surface area contributed by atoms with Gasteiger partial charge in [0.2, 0.25) is 10.0 Å². The van der Waals surface area contributed by atoms with E-state index in [1.807, 2.05) is 45.0 Å². The van der Waals surface area contributed by atoms with Crippen molar-refractivity contribution in [3.8, 4) is 0 Å². The second kappa shape index (κ2) is 8.22. The van der Waals surface area contributed by atoms with Gasteiger partial charge in [0, 0.05) is 17.9 Å². The van der Waals surface area contributed by atoms with Crippen molar-refractivity contribution in [3.63, 3.8) is 0 Å². The number of rotatable bonds is 5. The fourth-order valence-corrected chi connectivity index (χ4v) is 5.26. The summed E-state index contributed by atoms with van der Waals surface area (Å²) in [7, 11) is -3.30. The number of nitrogens with zero attached hydrogens (tertiary/aromatic N) is 1. The van der Waals surface area contributed by atoms with E-state index in [4.69, 9.17) is 0 Å². The van der Waals surface area contributed by atoms with Crippen molar-refractivity contribution in [2.45, 2.75) is 40.0 Å². The molecule has 28 heavy (non-hydrogen) atoms. The van der Waals surface area contributed by atoms with E-state index in [1.165, 1.54) is 4.31 Å². The molecule has 2 N–H and O–H groups in total. The van der Waals surface area contributed by atoms with Crippen LogP contribution in [0.3, 0.4) is 0 Å². The maximum atomic E-state index is 12.5. The van der Waals surface area contributed by atoms with Crippen LogP contribution in [0.5, 0.6) is 0 Å². The highest BCUT2D eigenvalue weighted by Gasteiger charge is 2.26. The zero-order valence-corrected chi connectivity index (χ0v) is 17.4. The lowest BCUT2D eigenvalue weighted by molar-refractivity contribution is 0.262. The van der Waals surface area contributed by atoms with Crippen molar-refractivity contribution in [1.29, 1.82) is 0 Å². The molecule has 150 valence electrons. The average Bonchev–Trinajstić information content (AvgIpc) is 2.59. The van der Waals surface area contributed by atoms with E-state index < -0.39 is 10.0 Å². The SMILES string of the molecule is CCCS(=O)(=O)N1CCCc2cc(NC(=O)Nc3cc(C)cc(C)c3)ccc21. The van der Waals surface area contributed by atoms with Crippen molar-refractivity contribution >= 4 is 33.1 Å². The normalized spacial score (nSPS) is 13.8. The number of nitrogens with one attached hydrogen (secondary N) is 2. The second-order valence-corrected chi connectivity index (χ2v) is 9.30. The van der Waals surface area contributed by atoms with Crippen molar-refractivity contribution in [1.82, 2.24) is 0 Å². The number of hydrogen-bond acceptors (Lipinski definition) is 3. The van der Waals surface area contributed by atoms with Crippen LogP contribution >= 0.6 is 0 Å². The third-order valence-corrected chi connectivity index (χ3v) is 6.67. The summed E-state index contributed by atoms with van der Waals surface area (Å²) in [6.07, 6.45) is 2.16. The zero-order valence-electron chi connectivity index (χ0n) is 16.6. The molecule has 1 heterocycles. The quantitative estimate of drug-likeness (QED) is 0.777. The van der Waals surface area contributed by atoms with Crippen molar-refractivity contribution < 1.29 is 13.2 Å². The van der Waals surface area contributed by atoms with Crippen LogP contribution in [0, 0.1) is 13.8 Å². The molecule has 7 heteroatoms. The Kier molecular flexibility index (Phi) is 5.93. The number of aryl methyl sites for hydroxylation is 3. The van der Waals surface area contributed by atoms with E-state index in [-0.39, 0.29) is 11.8 Å². The number of urea groups is 1. The van der Waals surface area contributed by atoms with Crippen LogP contribution < -0.4 is 14.9 Å². The fraction of sp³-hybridized carbons (Fsp3) is 0.381. The smallest absolute Gasteiger partial charge is 0.308 e. The summed E-state index contributed by atoms with van der Waals surface area (Å²) in [6.45, 7) is 6.34. The van der Waals surface area contributed by atoms with Crippen molar-refractivity contribution in [3.05, 3.63) is 53.1 Å². The van der Waals surface area contributed by atoms with Crippen molar-refractivity contribution in [2.24, 2.45) is 0 Å². The van der Waals surface area contributed by atoms with Crippen LogP contribution in [0.25, 0.3) is 0 Å². The first-order chi connectivity index (χ1) is 13.3. The zero-order chi connectivity index (χ0) is 20.3. The summed E-state index contributed by atoms with van der Waals surface area (Å²) in [4.78, 5) is 12.4. The molecule has 3 rings (SSSR count). The molecule has 2 aromatic rings. The van der Waals surface area contributed by atoms with E-state index in [0.29, 0.717) is 18.7 Å². The van der Waals surface area contributed by atoms with E-state index >= 15 is 0 Å². The molecule has 0 saturated heterocycles. The number of amides is 2. The molecule has 2 amide bonds. The molecular formula is C21H27N3O3S. The first-order valence-electron chi connectivity index (χ1n) is 9.58. The summed E-state index contributed by atoms with van der Waals surface area (Å²) < 4.78 is 26.5. The Morgan fingerprint density at radius 1 is 1.04 bits per heavy atom. The minimum atomic E-state index is -3.30. The van der Waals surface area contributed by atoms with Gasteiger partial charge in [0.25, 0.3) is 0 Å². The minimum Gasteiger partial charge on any atom is -0.308 e. The topological polar surface area (TPSA) is 78.5 Å². The molecule has 0 aliphatic carbocycles. The molecule has 0 bridgehead atoms. The molecule has 2 aromatic carbocycles. The molecule has 0 aromatic heterocycles. The minimum absolute atomic E-state index is 0.144. The van der Waals surface area contributed by atoms with Gasteiger partial charge in [0.05, 0.1) is 11.4 Å². The molecular weight excluding hydrogens is 374 g/mol. The lowest BCUT2D eigenvalue weighted by Gasteiger charge is -2.30. The Hall–Kier alpha value is -2.54. The third kappa shape index (κ3) is 4.65. The fourth-order valence-electron chi connectivity index (χ4n) is 3.64. The summed E-state index contributed by atoms with van der Waals surface area (Å²) in [6, 6.07) is 10.9. The Labute approximate surface area is 167 Å². The maximum absolute atomic E-state index is 12.5. The third-order valence-electron chi connectivity index (χ3n) is 4.69. The highest BCUT2D eigenvalue weighted by atomic mass is 32.2. The summed E-state index contributed by atoms with van der Waals surface area (Å²) >= 11 is 0. The number of fused-ring (bicyclic) bond motifs is 1. The number of hydrogen-bond donors (Lipinski definition) is 2. The van der Waals surface area contributed by atoms with Crippen LogP contribution in [0.2, 0.25) is 0 Å². The molecule has 1 aliphatic rings. The second-order valence-electron chi connectivity index (χ2n) is 7.29. The Bertz CT molecular complexity index is 966. The molecule has 0 unspecified atom stereocenters. The average molecular weight is 402 g/mol. The van der Waals surface area contributed by atoms with Gasteiger partial charge in [-0.05, 0) is 80.1 Å². The molecule has 0 atom stereocenters. The van der Waals surface area contributed by atoms with Crippen LogP contribution in [0.1, 0.15) is 36.5 Å². The number of carbonyl (C=O) groups is 1. The lowest BCUT2D eigenvalue weighted by atomic mass is 10.0. The van der Waals surface area contributed by atoms with Gasteiger partial charge >= 0.3 is 6.03 Å². The van der Waals surface area contributed by atoms with Gasteiger partial charge in [-0.25, -0.2) is 13.2 Å². The largest absolute Gasteiger partial charge is 0.323 e. The first-order valence-corrected chi connectivity index (χ1v) is 11.2. The van der Waals surface area contributed by atoms with E-state index in [2.05, 4.69) is 10.6 Å². The summed E-state index contributed by atoms with van der Waals surface area (Å²) in [5.74, 6) is 0.144. The van der Waals surface area contributed by atoms with E-state index in [0.717, 1.165) is 40.9 Å². The van der Waals surface area contributed by atoms with E-state index in [1.54, 1.807) is 12.1 Å². The Morgan fingerprint density at radius 3 is 2.39 bits per heavy atom. The van der Waals surface area contributed by atoms with Crippen molar-refractivity contribution in [2.75, 3.05) is 27.2 Å². The number of benzene rings is 2. The van der Waals surface area contributed by atoms with Gasteiger partial charge in [-0.15, -0.1) is 0 Å². The monoisotopic (exact) mass is 401 g/mol. The summed E-state index contributed by atoms with van der Waals surface area (Å²) in [5, 5.41) is 5.69. The summed E-state index contributed by atoms with van der Waals surface area (Å²) in [5.41, 5.74) is 5.21. The lowest BCUT2D eigenvalue weighted by Crippen LogP contribution is -2.37. The molecule has 0 radical (unpaired) electrons. The standard InChI is InChI=1S/C21H27N3O3S/c1-4-10-28(26,27)24-9-5-6-17-14-18(7-8-20(17)24)22-21(25)23-19-12-15(2)11-16(3)13-19/h7-8,11-14H,4-6,9-10H2,1-3H3,(H2,22,23,25). The highest BCUT2D eigenvalue weighted by Crippen LogP contribution is 2.32. The highest BCUT2D eigenvalue weighted by molar-refractivity contribution is 7.92.